The van der Waals surface area contributed by atoms with E-state index in [9.17, 15) is 14.5 Å². The smallest absolute Gasteiger partial charge is 0.312 e. The molecule has 0 N–H and O–H groups in total. The second-order valence-electron chi connectivity index (χ2n) is 5.69. The zero-order valence-corrected chi connectivity index (χ0v) is 16.5. The summed E-state index contributed by atoms with van der Waals surface area (Å²) in [4.78, 5) is 19.0. The summed E-state index contributed by atoms with van der Waals surface area (Å²) in [6.45, 7) is -0.0450. The molecule has 1 unspecified atom stereocenters. The number of nitrogens with zero attached hydrogens (tertiary/aromatic N) is 5. The van der Waals surface area contributed by atoms with Gasteiger partial charge >= 0.3 is 5.69 Å². The summed E-state index contributed by atoms with van der Waals surface area (Å²) in [6.07, 6.45) is 2.92. The highest BCUT2D eigenvalue weighted by molar-refractivity contribution is 9.09. The van der Waals surface area contributed by atoms with Gasteiger partial charge in [-0.15, -0.1) is 0 Å². The van der Waals surface area contributed by atoms with Crippen molar-refractivity contribution < 1.29 is 18.8 Å². The van der Waals surface area contributed by atoms with Crippen LogP contribution in [0.2, 0.25) is 0 Å². The van der Waals surface area contributed by atoms with Crippen molar-refractivity contribution >= 4 is 21.6 Å². The maximum Gasteiger partial charge on any atom is 0.312 e. The third-order valence-electron chi connectivity index (χ3n) is 3.77. The fourth-order valence-electron chi connectivity index (χ4n) is 2.55. The average molecular weight is 452 g/mol. The molecule has 146 valence electrons. The number of alkyl halides is 1. The van der Waals surface area contributed by atoms with Crippen molar-refractivity contribution in [3.63, 3.8) is 0 Å². The Labute approximate surface area is 167 Å². The zero-order chi connectivity index (χ0) is 20.3. The standard InChI is InChI=1S/C17H15BrFN5O4/c1-23-9-21-17(22-23)11-6-10(7-13(24(25)26)15(11)27-2)8-28-16(18)14-12(19)4-3-5-20-14/h3-7,9,16H,8H2,1-2H3. The molecule has 0 bridgehead atoms. The van der Waals surface area contributed by atoms with Crippen LogP contribution in [0.25, 0.3) is 11.4 Å². The van der Waals surface area contributed by atoms with Crippen LogP contribution in [0.4, 0.5) is 10.1 Å². The number of aryl methyl sites for hydroxylation is 1. The first-order valence-corrected chi connectivity index (χ1v) is 8.89. The van der Waals surface area contributed by atoms with Crippen LogP contribution in [0.3, 0.4) is 0 Å². The summed E-state index contributed by atoms with van der Waals surface area (Å²) in [5, 5.41) is 14.8. The third-order valence-corrected chi connectivity index (χ3v) is 4.47. The molecule has 1 aromatic carbocycles. The second-order valence-corrected chi connectivity index (χ2v) is 6.52. The molecule has 2 heterocycles. The van der Waals surface area contributed by atoms with Crippen LogP contribution in [0, 0.1) is 15.9 Å². The number of hydrogen-bond acceptors (Lipinski definition) is 7. The Balaban J connectivity index is 1.94. The van der Waals surface area contributed by atoms with Gasteiger partial charge in [0.2, 0.25) is 5.75 Å². The number of halogens is 2. The first kappa shape index (κ1) is 19.8. The number of pyridine rings is 1. The van der Waals surface area contributed by atoms with Gasteiger partial charge in [-0.1, -0.05) is 15.9 Å². The van der Waals surface area contributed by atoms with Gasteiger partial charge in [0, 0.05) is 19.3 Å². The molecule has 3 aromatic rings. The molecule has 2 aromatic heterocycles. The molecule has 0 amide bonds. The van der Waals surface area contributed by atoms with Crippen LogP contribution >= 0.6 is 15.9 Å². The molecule has 0 saturated heterocycles. The Bertz CT molecular complexity index is 1010. The number of methoxy groups -OCH3 is 1. The van der Waals surface area contributed by atoms with Crippen molar-refractivity contribution in [1.82, 2.24) is 19.7 Å². The van der Waals surface area contributed by atoms with E-state index in [0.717, 1.165) is 0 Å². The highest BCUT2D eigenvalue weighted by atomic mass is 79.9. The molecule has 0 aliphatic carbocycles. The quantitative estimate of drug-likeness (QED) is 0.307. The number of ether oxygens (including phenoxy) is 2. The molecule has 3 rings (SSSR count). The van der Waals surface area contributed by atoms with E-state index < -0.39 is 15.8 Å². The minimum absolute atomic E-state index is 0.0450. The molecule has 0 aliphatic heterocycles. The van der Waals surface area contributed by atoms with E-state index in [1.807, 2.05) is 0 Å². The molecule has 9 nitrogen and oxygen atoms in total. The van der Waals surface area contributed by atoms with E-state index in [0.29, 0.717) is 11.1 Å². The summed E-state index contributed by atoms with van der Waals surface area (Å²) in [7, 11) is 3.02. The topological polar surface area (TPSA) is 105 Å². The van der Waals surface area contributed by atoms with Gasteiger partial charge in [0.05, 0.1) is 24.2 Å². The zero-order valence-electron chi connectivity index (χ0n) is 14.9. The summed E-state index contributed by atoms with van der Waals surface area (Å²) < 4.78 is 26.1. The predicted octanol–water partition coefficient (Wildman–Crippen LogP) is 3.54. The molecule has 28 heavy (non-hydrogen) atoms. The molecule has 0 aliphatic rings. The van der Waals surface area contributed by atoms with E-state index >= 15 is 0 Å². The Morgan fingerprint density at radius 2 is 2.18 bits per heavy atom. The molecule has 11 heteroatoms. The van der Waals surface area contributed by atoms with Gasteiger partial charge in [-0.25, -0.2) is 9.37 Å². The van der Waals surface area contributed by atoms with Gasteiger partial charge in [-0.3, -0.25) is 19.8 Å². The number of nitro groups is 1. The monoisotopic (exact) mass is 451 g/mol. The van der Waals surface area contributed by atoms with Crippen molar-refractivity contribution in [3.05, 3.63) is 64.0 Å². The lowest BCUT2D eigenvalue weighted by atomic mass is 10.1. The number of rotatable bonds is 7. The SMILES string of the molecule is COc1c(-c2ncn(C)n2)cc(COC(Br)c2ncccc2F)cc1[N+](=O)[O-]. The fraction of sp³-hybridized carbons (Fsp3) is 0.235. The van der Waals surface area contributed by atoms with Crippen molar-refractivity contribution in [2.45, 2.75) is 11.6 Å². The van der Waals surface area contributed by atoms with E-state index in [1.165, 1.54) is 42.5 Å². The first-order valence-electron chi connectivity index (χ1n) is 7.98. The maximum absolute atomic E-state index is 13.8. The summed E-state index contributed by atoms with van der Waals surface area (Å²) in [6, 6.07) is 5.70. The van der Waals surface area contributed by atoms with Gasteiger partial charge in [0.25, 0.3) is 0 Å². The predicted molar refractivity (Wildman–Crippen MR) is 100 cm³/mol. The van der Waals surface area contributed by atoms with Crippen molar-refractivity contribution in [3.8, 4) is 17.1 Å². The molecule has 1 atom stereocenters. The van der Waals surface area contributed by atoms with Gasteiger partial charge in [0.15, 0.2) is 10.8 Å². The van der Waals surface area contributed by atoms with Crippen molar-refractivity contribution in [2.24, 2.45) is 7.05 Å². The Hall–Kier alpha value is -2.92. The fourth-order valence-corrected chi connectivity index (χ4v) is 3.02. The molecule has 0 spiro atoms. The summed E-state index contributed by atoms with van der Waals surface area (Å²) in [5.41, 5.74) is 0.653. The summed E-state index contributed by atoms with van der Waals surface area (Å²) >= 11 is 3.23. The number of benzene rings is 1. The number of hydrogen-bond donors (Lipinski definition) is 0. The van der Waals surface area contributed by atoms with E-state index in [2.05, 4.69) is 31.0 Å². The van der Waals surface area contributed by atoms with Crippen LogP contribution in [0.15, 0.2) is 36.8 Å². The van der Waals surface area contributed by atoms with E-state index in [4.69, 9.17) is 9.47 Å². The van der Waals surface area contributed by atoms with Gasteiger partial charge in [0.1, 0.15) is 17.8 Å². The lowest BCUT2D eigenvalue weighted by molar-refractivity contribution is -0.385. The van der Waals surface area contributed by atoms with Gasteiger partial charge in [-0.2, -0.15) is 5.10 Å². The summed E-state index contributed by atoms with van der Waals surface area (Å²) in [5.74, 6) is -0.204. The Kier molecular flexibility index (Phi) is 5.95. The number of aromatic nitrogens is 4. The van der Waals surface area contributed by atoms with Crippen molar-refractivity contribution in [2.75, 3.05) is 7.11 Å². The molecule has 0 fully saturated rings. The van der Waals surface area contributed by atoms with Crippen LogP contribution in [-0.2, 0) is 18.4 Å². The number of nitro benzene ring substituents is 1. The minimum Gasteiger partial charge on any atom is -0.490 e. The molecular formula is C17H15BrFN5O4. The maximum atomic E-state index is 13.8. The largest absolute Gasteiger partial charge is 0.490 e. The van der Waals surface area contributed by atoms with Crippen LogP contribution in [0.5, 0.6) is 5.75 Å². The Morgan fingerprint density at radius 3 is 2.79 bits per heavy atom. The molecule has 0 saturated carbocycles. The Morgan fingerprint density at radius 1 is 1.39 bits per heavy atom. The van der Waals surface area contributed by atoms with E-state index in [-0.39, 0.29) is 29.6 Å². The second kappa shape index (κ2) is 8.40. The lowest BCUT2D eigenvalue weighted by Crippen LogP contribution is -2.04. The normalized spacial score (nSPS) is 12.0. The van der Waals surface area contributed by atoms with Crippen LogP contribution in [-0.4, -0.2) is 31.8 Å². The molecular weight excluding hydrogens is 437 g/mol. The minimum atomic E-state index is -0.828. The highest BCUT2D eigenvalue weighted by Gasteiger charge is 2.24. The highest BCUT2D eigenvalue weighted by Crippen LogP contribution is 2.38. The van der Waals surface area contributed by atoms with Gasteiger partial charge < -0.3 is 9.47 Å². The van der Waals surface area contributed by atoms with Gasteiger partial charge in [-0.05, 0) is 23.8 Å². The average Bonchev–Trinajstić information content (AvgIpc) is 3.11. The van der Waals surface area contributed by atoms with Crippen molar-refractivity contribution in [1.29, 1.82) is 0 Å². The van der Waals surface area contributed by atoms with Crippen LogP contribution in [0.1, 0.15) is 16.3 Å². The molecule has 0 radical (unpaired) electrons. The lowest BCUT2D eigenvalue weighted by Gasteiger charge is -2.13. The van der Waals surface area contributed by atoms with Crippen LogP contribution < -0.4 is 4.74 Å². The van der Waals surface area contributed by atoms with E-state index in [1.54, 1.807) is 13.1 Å². The third kappa shape index (κ3) is 4.15. The first-order chi connectivity index (χ1) is 13.4.